The maximum absolute atomic E-state index is 13.0. The summed E-state index contributed by atoms with van der Waals surface area (Å²) in [4.78, 5) is 14.8. The lowest BCUT2D eigenvalue weighted by atomic mass is 10.2. The minimum absolute atomic E-state index is 0.0745. The van der Waals surface area contributed by atoms with E-state index in [0.717, 1.165) is 40.4 Å². The smallest absolute Gasteiger partial charge is 0.322 e. The zero-order chi connectivity index (χ0) is 20.6. The SMILES string of the molecule is CCCCN(Cc1cccn1Cc1ccccc1Cl)C(=O)Nc1cccc(C)c1. The van der Waals surface area contributed by atoms with E-state index in [0.29, 0.717) is 19.6 Å². The fraction of sp³-hybridized carbons (Fsp3) is 0.292. The topological polar surface area (TPSA) is 37.3 Å². The number of nitrogens with zero attached hydrogens (tertiary/aromatic N) is 2. The fourth-order valence-electron chi connectivity index (χ4n) is 3.28. The Labute approximate surface area is 178 Å². The lowest BCUT2D eigenvalue weighted by Gasteiger charge is -2.24. The Kier molecular flexibility index (Phi) is 7.36. The first-order chi connectivity index (χ1) is 14.1. The predicted molar refractivity (Wildman–Crippen MR) is 121 cm³/mol. The molecular weight excluding hydrogens is 382 g/mol. The van der Waals surface area contributed by atoms with Crippen molar-refractivity contribution in [1.29, 1.82) is 0 Å². The maximum Gasteiger partial charge on any atom is 0.322 e. The number of aryl methyl sites for hydroxylation is 1. The number of hydrogen-bond acceptors (Lipinski definition) is 1. The van der Waals surface area contributed by atoms with Gasteiger partial charge in [0.05, 0.1) is 6.54 Å². The zero-order valence-corrected chi connectivity index (χ0v) is 17.8. The Morgan fingerprint density at radius 2 is 1.93 bits per heavy atom. The summed E-state index contributed by atoms with van der Waals surface area (Å²) in [5, 5.41) is 3.80. The molecule has 0 saturated heterocycles. The van der Waals surface area contributed by atoms with Crippen LogP contribution in [-0.4, -0.2) is 22.0 Å². The van der Waals surface area contributed by atoms with Crippen molar-refractivity contribution in [1.82, 2.24) is 9.47 Å². The molecule has 1 heterocycles. The highest BCUT2D eigenvalue weighted by molar-refractivity contribution is 6.31. The number of anilines is 1. The lowest BCUT2D eigenvalue weighted by Crippen LogP contribution is -2.36. The molecule has 1 aromatic heterocycles. The molecule has 0 aliphatic heterocycles. The van der Waals surface area contributed by atoms with Gasteiger partial charge in [0.15, 0.2) is 0 Å². The van der Waals surface area contributed by atoms with E-state index in [4.69, 9.17) is 11.6 Å². The van der Waals surface area contributed by atoms with Crippen LogP contribution < -0.4 is 5.32 Å². The molecule has 2 aromatic carbocycles. The van der Waals surface area contributed by atoms with Crippen molar-refractivity contribution >= 4 is 23.3 Å². The number of urea groups is 1. The number of aromatic nitrogens is 1. The van der Waals surface area contributed by atoms with Gasteiger partial charge >= 0.3 is 6.03 Å². The van der Waals surface area contributed by atoms with E-state index >= 15 is 0 Å². The summed E-state index contributed by atoms with van der Waals surface area (Å²) in [5.74, 6) is 0. The summed E-state index contributed by atoms with van der Waals surface area (Å²) < 4.78 is 2.15. The number of halogens is 1. The average molecular weight is 410 g/mol. The van der Waals surface area contributed by atoms with Crippen molar-refractivity contribution in [3.05, 3.63) is 88.7 Å². The zero-order valence-electron chi connectivity index (χ0n) is 17.1. The predicted octanol–water partition coefficient (Wildman–Crippen LogP) is 6.33. The van der Waals surface area contributed by atoms with Crippen molar-refractivity contribution < 1.29 is 4.79 Å². The Balaban J connectivity index is 1.74. The second-order valence-corrected chi connectivity index (χ2v) is 7.70. The summed E-state index contributed by atoms with van der Waals surface area (Å²) in [6.45, 7) is 6.10. The summed E-state index contributed by atoms with van der Waals surface area (Å²) in [6.07, 6.45) is 4.04. The van der Waals surface area contributed by atoms with Gasteiger partial charge in [0.1, 0.15) is 0 Å². The Bertz CT molecular complexity index is 951. The van der Waals surface area contributed by atoms with Gasteiger partial charge in [0, 0.05) is 35.7 Å². The fourth-order valence-corrected chi connectivity index (χ4v) is 3.48. The Hall–Kier alpha value is -2.72. The number of carbonyl (C=O) groups excluding carboxylic acids is 1. The van der Waals surface area contributed by atoms with Crippen molar-refractivity contribution in [2.45, 2.75) is 39.8 Å². The van der Waals surface area contributed by atoms with Crippen LogP contribution in [0.4, 0.5) is 10.5 Å². The summed E-state index contributed by atoms with van der Waals surface area (Å²) in [7, 11) is 0. The highest BCUT2D eigenvalue weighted by Gasteiger charge is 2.16. The molecule has 0 saturated carbocycles. The van der Waals surface area contributed by atoms with E-state index in [2.05, 4.69) is 22.9 Å². The van der Waals surface area contributed by atoms with Crippen LogP contribution in [0.1, 0.15) is 36.6 Å². The molecule has 0 aliphatic rings. The van der Waals surface area contributed by atoms with Crippen LogP contribution in [0.3, 0.4) is 0 Å². The third-order valence-corrected chi connectivity index (χ3v) is 5.28. The molecule has 152 valence electrons. The summed E-state index contributed by atoms with van der Waals surface area (Å²) in [6, 6.07) is 19.8. The number of rotatable bonds is 8. The van der Waals surface area contributed by atoms with E-state index in [-0.39, 0.29) is 6.03 Å². The van der Waals surface area contributed by atoms with Gasteiger partial charge in [-0.05, 0) is 54.8 Å². The molecular formula is C24H28ClN3O. The molecule has 1 N–H and O–H groups in total. The molecule has 3 aromatic rings. The first-order valence-electron chi connectivity index (χ1n) is 10.1. The van der Waals surface area contributed by atoms with Crippen LogP contribution in [-0.2, 0) is 13.1 Å². The normalized spacial score (nSPS) is 10.7. The highest BCUT2D eigenvalue weighted by Crippen LogP contribution is 2.19. The second kappa shape index (κ2) is 10.2. The standard InChI is InChI=1S/C24H28ClN3O/c1-3-4-14-28(24(29)26-21-11-7-9-19(2)16-21)18-22-12-8-15-27(22)17-20-10-5-6-13-23(20)25/h5-13,15-16H,3-4,14,17-18H2,1-2H3,(H,26,29). The maximum atomic E-state index is 13.0. The third-order valence-electron chi connectivity index (χ3n) is 4.91. The van der Waals surface area contributed by atoms with Gasteiger partial charge in [-0.1, -0.05) is 55.3 Å². The number of nitrogens with one attached hydrogen (secondary N) is 1. The summed E-state index contributed by atoms with van der Waals surface area (Å²) in [5.41, 5.74) is 4.09. The van der Waals surface area contributed by atoms with E-state index in [1.54, 1.807) is 0 Å². The molecule has 0 bridgehead atoms. The van der Waals surface area contributed by atoms with Gasteiger partial charge in [-0.2, -0.15) is 0 Å². The first kappa shape index (κ1) is 21.0. The van der Waals surface area contributed by atoms with Crippen LogP contribution in [0, 0.1) is 6.92 Å². The van der Waals surface area contributed by atoms with Gasteiger partial charge in [-0.25, -0.2) is 4.79 Å². The average Bonchev–Trinajstić information content (AvgIpc) is 3.13. The molecule has 0 unspecified atom stereocenters. The molecule has 0 spiro atoms. The van der Waals surface area contributed by atoms with E-state index in [1.165, 1.54) is 0 Å². The minimum Gasteiger partial charge on any atom is -0.345 e. The minimum atomic E-state index is -0.0745. The quantitative estimate of drug-likeness (QED) is 0.463. The summed E-state index contributed by atoms with van der Waals surface area (Å²) >= 11 is 6.33. The van der Waals surface area contributed by atoms with Gasteiger partial charge in [0.25, 0.3) is 0 Å². The molecule has 5 heteroatoms. The largest absolute Gasteiger partial charge is 0.345 e. The van der Waals surface area contributed by atoms with Gasteiger partial charge in [-0.3, -0.25) is 0 Å². The Morgan fingerprint density at radius 3 is 2.69 bits per heavy atom. The number of benzene rings is 2. The van der Waals surface area contributed by atoms with Gasteiger partial charge in [-0.15, -0.1) is 0 Å². The van der Waals surface area contributed by atoms with E-state index in [9.17, 15) is 4.79 Å². The van der Waals surface area contributed by atoms with Gasteiger partial charge < -0.3 is 14.8 Å². The van der Waals surface area contributed by atoms with Crippen molar-refractivity contribution in [3.63, 3.8) is 0 Å². The highest BCUT2D eigenvalue weighted by atomic mass is 35.5. The molecule has 29 heavy (non-hydrogen) atoms. The monoisotopic (exact) mass is 409 g/mol. The molecule has 0 fully saturated rings. The molecule has 3 rings (SSSR count). The van der Waals surface area contributed by atoms with Crippen LogP contribution in [0.15, 0.2) is 66.9 Å². The van der Waals surface area contributed by atoms with Crippen molar-refractivity contribution in [3.8, 4) is 0 Å². The van der Waals surface area contributed by atoms with Crippen molar-refractivity contribution in [2.75, 3.05) is 11.9 Å². The number of unbranched alkanes of at least 4 members (excludes halogenated alkanes) is 1. The molecule has 0 aliphatic carbocycles. The van der Waals surface area contributed by atoms with E-state index in [1.807, 2.05) is 72.6 Å². The Morgan fingerprint density at radius 1 is 1.10 bits per heavy atom. The molecule has 0 atom stereocenters. The van der Waals surface area contributed by atoms with Crippen LogP contribution in [0.5, 0.6) is 0 Å². The second-order valence-electron chi connectivity index (χ2n) is 7.29. The van der Waals surface area contributed by atoms with Crippen LogP contribution >= 0.6 is 11.6 Å². The molecule has 2 amide bonds. The molecule has 4 nitrogen and oxygen atoms in total. The lowest BCUT2D eigenvalue weighted by molar-refractivity contribution is 0.207. The number of amides is 2. The van der Waals surface area contributed by atoms with E-state index < -0.39 is 0 Å². The number of carbonyl (C=O) groups is 1. The van der Waals surface area contributed by atoms with Crippen LogP contribution in [0.25, 0.3) is 0 Å². The molecule has 0 radical (unpaired) electrons. The number of hydrogen-bond donors (Lipinski definition) is 1. The van der Waals surface area contributed by atoms with Crippen LogP contribution in [0.2, 0.25) is 5.02 Å². The first-order valence-corrected chi connectivity index (χ1v) is 10.4. The third kappa shape index (κ3) is 5.88. The van der Waals surface area contributed by atoms with Gasteiger partial charge in [0.2, 0.25) is 0 Å². The van der Waals surface area contributed by atoms with Crippen molar-refractivity contribution in [2.24, 2.45) is 0 Å².